The lowest BCUT2D eigenvalue weighted by Crippen LogP contribution is -2.57. The number of amides is 4. The van der Waals surface area contributed by atoms with Crippen molar-refractivity contribution in [1.82, 2.24) is 10.2 Å². The van der Waals surface area contributed by atoms with Crippen molar-refractivity contribution in [3.63, 3.8) is 0 Å². The van der Waals surface area contributed by atoms with Crippen LogP contribution in [-0.4, -0.2) is 42.0 Å². The zero-order chi connectivity index (χ0) is 13.1. The highest BCUT2D eigenvalue weighted by Gasteiger charge is 2.37. The number of imide groups is 2. The number of hydrogen-bond acceptors (Lipinski definition) is 4. The molecule has 2 saturated heterocycles. The molecule has 0 aromatic rings. The first-order chi connectivity index (χ1) is 8.59. The first kappa shape index (κ1) is 13.0. The van der Waals surface area contributed by atoms with E-state index in [2.05, 4.69) is 5.32 Å². The molecule has 0 aliphatic carbocycles. The molecule has 2 rings (SSSR count). The van der Waals surface area contributed by atoms with E-state index >= 15 is 0 Å². The molecule has 0 aromatic heterocycles. The molecule has 4 amide bonds. The zero-order valence-corrected chi connectivity index (χ0v) is 10.5. The van der Waals surface area contributed by atoms with E-state index in [-0.39, 0.29) is 6.10 Å². The van der Waals surface area contributed by atoms with Gasteiger partial charge in [-0.1, -0.05) is 0 Å². The maximum absolute atomic E-state index is 11.8. The van der Waals surface area contributed by atoms with Crippen LogP contribution in [0, 0.1) is 5.92 Å². The summed E-state index contributed by atoms with van der Waals surface area (Å²) in [6.45, 7) is 2.57. The second-order valence-corrected chi connectivity index (χ2v) is 4.78. The van der Waals surface area contributed by atoms with Crippen LogP contribution in [0.25, 0.3) is 0 Å². The van der Waals surface area contributed by atoms with E-state index < -0.39 is 23.8 Å². The average Bonchev–Trinajstić information content (AvgIpc) is 2.37. The molecule has 6 heteroatoms. The number of carbonyl (C=O) groups is 3. The average molecular weight is 254 g/mol. The molecule has 2 atom stereocenters. The molecule has 100 valence electrons. The number of rotatable bonds is 3. The molecule has 2 aliphatic heterocycles. The number of nitrogens with zero attached hydrogens (tertiary/aromatic N) is 1. The van der Waals surface area contributed by atoms with Gasteiger partial charge in [-0.3, -0.25) is 19.8 Å². The van der Waals surface area contributed by atoms with E-state index in [1.807, 2.05) is 0 Å². The molecular weight excluding hydrogens is 236 g/mol. The van der Waals surface area contributed by atoms with Crippen LogP contribution in [0.2, 0.25) is 0 Å². The molecular formula is C12H18N2O4. The summed E-state index contributed by atoms with van der Waals surface area (Å²) in [5, 5.41) is 2.18. The van der Waals surface area contributed by atoms with Gasteiger partial charge in [-0.2, -0.15) is 0 Å². The van der Waals surface area contributed by atoms with Gasteiger partial charge in [0.05, 0.1) is 6.10 Å². The minimum Gasteiger partial charge on any atom is -0.378 e. The Balaban J connectivity index is 1.89. The topological polar surface area (TPSA) is 75.7 Å². The van der Waals surface area contributed by atoms with Crippen LogP contribution in [0.1, 0.15) is 32.6 Å². The molecule has 2 aliphatic rings. The van der Waals surface area contributed by atoms with Gasteiger partial charge >= 0.3 is 6.03 Å². The van der Waals surface area contributed by atoms with Crippen LogP contribution in [0.3, 0.4) is 0 Å². The Morgan fingerprint density at radius 1 is 1.33 bits per heavy atom. The van der Waals surface area contributed by atoms with E-state index in [0.29, 0.717) is 13.0 Å². The molecule has 0 spiro atoms. The number of hydrogen-bond donors (Lipinski definition) is 1. The van der Waals surface area contributed by atoms with Crippen LogP contribution < -0.4 is 5.32 Å². The third kappa shape index (κ3) is 2.69. The maximum Gasteiger partial charge on any atom is 0.330 e. The van der Waals surface area contributed by atoms with Crippen molar-refractivity contribution in [2.24, 2.45) is 5.92 Å². The highest BCUT2D eigenvalue weighted by molar-refractivity contribution is 6.15. The summed E-state index contributed by atoms with van der Waals surface area (Å²) in [4.78, 5) is 35.8. The van der Waals surface area contributed by atoms with Gasteiger partial charge in [-0.15, -0.1) is 0 Å². The maximum atomic E-state index is 11.8. The Morgan fingerprint density at radius 2 is 2.11 bits per heavy atom. The van der Waals surface area contributed by atoms with Gasteiger partial charge in [0.25, 0.3) is 0 Å². The molecule has 2 unspecified atom stereocenters. The lowest BCUT2D eigenvalue weighted by atomic mass is 10.0. The van der Waals surface area contributed by atoms with Crippen LogP contribution >= 0.6 is 0 Å². The van der Waals surface area contributed by atoms with E-state index in [1.54, 1.807) is 0 Å². The molecule has 0 bridgehead atoms. The smallest absolute Gasteiger partial charge is 0.330 e. The van der Waals surface area contributed by atoms with E-state index in [4.69, 9.17) is 4.74 Å². The van der Waals surface area contributed by atoms with Crippen molar-refractivity contribution >= 4 is 17.8 Å². The van der Waals surface area contributed by atoms with Gasteiger partial charge in [0, 0.05) is 13.2 Å². The van der Waals surface area contributed by atoms with Gasteiger partial charge in [0.1, 0.15) is 5.92 Å². The standard InChI is InChI=1S/C12H18N2O4/c1-8-10(15)13-12(17)14(11(8)16)6-5-9-4-2-3-7-18-9/h8-9H,2-7H2,1H3,(H,13,15,17). The largest absolute Gasteiger partial charge is 0.378 e. The second-order valence-electron chi connectivity index (χ2n) is 4.78. The first-order valence-corrected chi connectivity index (χ1v) is 6.37. The highest BCUT2D eigenvalue weighted by Crippen LogP contribution is 2.17. The molecule has 2 heterocycles. The van der Waals surface area contributed by atoms with Gasteiger partial charge < -0.3 is 4.74 Å². The minimum atomic E-state index is -0.782. The Labute approximate surface area is 106 Å². The number of carbonyl (C=O) groups excluding carboxylic acids is 3. The molecule has 0 aromatic carbocycles. The quantitative estimate of drug-likeness (QED) is 0.751. The zero-order valence-electron chi connectivity index (χ0n) is 10.5. The Kier molecular flexibility index (Phi) is 3.96. The summed E-state index contributed by atoms with van der Waals surface area (Å²) >= 11 is 0. The Morgan fingerprint density at radius 3 is 2.78 bits per heavy atom. The second kappa shape index (κ2) is 5.48. The Hall–Kier alpha value is -1.43. The predicted molar refractivity (Wildman–Crippen MR) is 62.6 cm³/mol. The monoisotopic (exact) mass is 254 g/mol. The molecule has 2 fully saturated rings. The molecule has 0 saturated carbocycles. The lowest BCUT2D eigenvalue weighted by molar-refractivity contribution is -0.142. The lowest BCUT2D eigenvalue weighted by Gasteiger charge is -2.30. The van der Waals surface area contributed by atoms with Gasteiger partial charge in [-0.25, -0.2) is 4.79 Å². The molecule has 6 nitrogen and oxygen atoms in total. The SMILES string of the molecule is CC1C(=O)NC(=O)N(CCC2CCCCO2)C1=O. The molecule has 1 N–H and O–H groups in total. The van der Waals surface area contributed by atoms with E-state index in [9.17, 15) is 14.4 Å². The summed E-state index contributed by atoms with van der Waals surface area (Å²) in [5.41, 5.74) is 0. The molecule has 18 heavy (non-hydrogen) atoms. The third-order valence-corrected chi connectivity index (χ3v) is 3.45. The number of barbiturate groups is 1. The van der Waals surface area contributed by atoms with Crippen molar-refractivity contribution in [2.75, 3.05) is 13.2 Å². The van der Waals surface area contributed by atoms with Gasteiger partial charge in [0.15, 0.2) is 0 Å². The summed E-state index contributed by atoms with van der Waals surface area (Å²) in [6, 6.07) is -0.612. The van der Waals surface area contributed by atoms with Crippen LogP contribution in [0.15, 0.2) is 0 Å². The highest BCUT2D eigenvalue weighted by atomic mass is 16.5. The normalized spacial score (nSPS) is 29.4. The summed E-state index contributed by atoms with van der Waals surface area (Å²) in [6.07, 6.45) is 3.93. The number of ether oxygens (including phenoxy) is 1. The first-order valence-electron chi connectivity index (χ1n) is 6.37. The van der Waals surface area contributed by atoms with E-state index in [0.717, 1.165) is 30.8 Å². The van der Waals surface area contributed by atoms with Crippen LogP contribution in [0.4, 0.5) is 4.79 Å². The summed E-state index contributed by atoms with van der Waals surface area (Å²) < 4.78 is 5.55. The number of nitrogens with one attached hydrogen (secondary N) is 1. The van der Waals surface area contributed by atoms with Gasteiger partial charge in [0.2, 0.25) is 11.8 Å². The van der Waals surface area contributed by atoms with Crippen LogP contribution in [-0.2, 0) is 14.3 Å². The van der Waals surface area contributed by atoms with Gasteiger partial charge in [-0.05, 0) is 32.6 Å². The fourth-order valence-corrected chi connectivity index (χ4v) is 2.25. The van der Waals surface area contributed by atoms with Crippen LogP contribution in [0.5, 0.6) is 0 Å². The molecule has 0 radical (unpaired) electrons. The van der Waals surface area contributed by atoms with Crippen molar-refractivity contribution in [2.45, 2.75) is 38.7 Å². The van der Waals surface area contributed by atoms with Crippen molar-refractivity contribution in [3.8, 4) is 0 Å². The van der Waals surface area contributed by atoms with Crippen molar-refractivity contribution < 1.29 is 19.1 Å². The third-order valence-electron chi connectivity index (χ3n) is 3.45. The summed E-state index contributed by atoms with van der Waals surface area (Å²) in [5.74, 6) is -1.72. The Bertz CT molecular complexity index is 363. The minimum absolute atomic E-state index is 0.118. The number of urea groups is 1. The van der Waals surface area contributed by atoms with Crippen molar-refractivity contribution in [1.29, 1.82) is 0 Å². The van der Waals surface area contributed by atoms with E-state index in [1.165, 1.54) is 6.92 Å². The summed E-state index contributed by atoms with van der Waals surface area (Å²) in [7, 11) is 0. The van der Waals surface area contributed by atoms with Crippen molar-refractivity contribution in [3.05, 3.63) is 0 Å². The fourth-order valence-electron chi connectivity index (χ4n) is 2.25. The predicted octanol–water partition coefficient (Wildman–Crippen LogP) is 0.660. The fraction of sp³-hybridized carbons (Fsp3) is 0.750.